The number of benzene rings is 1. The van der Waals surface area contributed by atoms with Crippen molar-refractivity contribution in [1.29, 1.82) is 5.41 Å². The van der Waals surface area contributed by atoms with Crippen LogP contribution in [0.2, 0.25) is 0 Å². The summed E-state index contributed by atoms with van der Waals surface area (Å²) >= 11 is 0. The Kier molecular flexibility index (Phi) is 7.37. The van der Waals surface area contributed by atoms with Crippen LogP contribution < -0.4 is 16.0 Å². The van der Waals surface area contributed by atoms with Gasteiger partial charge in [-0.25, -0.2) is 9.97 Å². The minimum absolute atomic E-state index is 0.0455. The summed E-state index contributed by atoms with van der Waals surface area (Å²) in [6, 6.07) is 5.90. The SMILES string of the molecule is CN/C=C(\C=N)Nc1ncnc(-c2ccc3c(c2)CCCC[C@H]3NC(=O)c2noc(C(C)(C)C)n2)n1. The molecule has 0 spiro atoms. The van der Waals surface area contributed by atoms with Crippen LogP contribution in [0, 0.1) is 5.41 Å². The Morgan fingerprint density at radius 2 is 2.03 bits per heavy atom. The van der Waals surface area contributed by atoms with Gasteiger partial charge in [-0.05, 0) is 36.5 Å². The van der Waals surface area contributed by atoms with E-state index in [4.69, 9.17) is 9.93 Å². The van der Waals surface area contributed by atoms with Crippen LogP contribution in [0.15, 0.2) is 40.9 Å². The molecule has 1 amide bonds. The Labute approximate surface area is 209 Å². The maximum atomic E-state index is 12.9. The van der Waals surface area contributed by atoms with E-state index in [1.165, 1.54) is 12.5 Å². The third-order valence-electron chi connectivity index (χ3n) is 5.82. The standard InChI is InChI=1S/C25H31N9O2/c1-25(2,3)23-32-21(34-36-23)22(35)31-19-8-6-5-7-15-11-16(9-10-18(15)19)20-28-14-29-24(33-20)30-17(12-26)13-27-4/h9-14,19,26-27H,5-8H2,1-4H3,(H,31,35)(H,28,29,30,33)/b17-13+,26-12?/t19-/m1/s1. The predicted octanol–water partition coefficient (Wildman–Crippen LogP) is 3.54. The first-order chi connectivity index (χ1) is 17.3. The minimum Gasteiger partial charge on any atom is -0.392 e. The average molecular weight is 490 g/mol. The Bertz CT molecular complexity index is 1280. The summed E-state index contributed by atoms with van der Waals surface area (Å²) in [5.41, 5.74) is 3.26. The molecule has 2 heterocycles. The molecule has 11 heteroatoms. The summed E-state index contributed by atoms with van der Waals surface area (Å²) in [5.74, 6) is 0.999. The number of hydrogen-bond donors (Lipinski definition) is 4. The lowest BCUT2D eigenvalue weighted by molar-refractivity contribution is 0.0921. The smallest absolute Gasteiger partial charge is 0.293 e. The molecular weight excluding hydrogens is 458 g/mol. The van der Waals surface area contributed by atoms with Gasteiger partial charge in [-0.2, -0.15) is 9.97 Å². The maximum Gasteiger partial charge on any atom is 0.293 e. The number of carbonyl (C=O) groups is 1. The fourth-order valence-electron chi connectivity index (χ4n) is 4.01. The molecule has 0 unspecified atom stereocenters. The van der Waals surface area contributed by atoms with E-state index in [1.54, 1.807) is 13.2 Å². The van der Waals surface area contributed by atoms with Crippen molar-refractivity contribution in [1.82, 2.24) is 35.7 Å². The molecule has 11 nitrogen and oxygen atoms in total. The van der Waals surface area contributed by atoms with Crippen molar-refractivity contribution in [2.45, 2.75) is 57.9 Å². The van der Waals surface area contributed by atoms with E-state index in [-0.39, 0.29) is 23.2 Å². The number of hydrogen-bond acceptors (Lipinski definition) is 10. The molecule has 1 aliphatic carbocycles. The lowest BCUT2D eigenvalue weighted by Gasteiger charge is -2.19. The van der Waals surface area contributed by atoms with E-state index in [0.29, 0.717) is 23.4 Å². The highest BCUT2D eigenvalue weighted by Gasteiger charge is 2.27. The van der Waals surface area contributed by atoms with E-state index in [1.807, 2.05) is 32.9 Å². The van der Waals surface area contributed by atoms with Gasteiger partial charge in [0.1, 0.15) is 6.33 Å². The lowest BCUT2D eigenvalue weighted by atomic mass is 9.96. The molecule has 0 saturated carbocycles. The summed E-state index contributed by atoms with van der Waals surface area (Å²) < 4.78 is 5.29. The zero-order chi connectivity index (χ0) is 25.7. The molecule has 0 bridgehead atoms. The van der Waals surface area contributed by atoms with Crippen LogP contribution >= 0.6 is 0 Å². The Hall–Kier alpha value is -4.15. The second kappa shape index (κ2) is 10.6. The van der Waals surface area contributed by atoms with Gasteiger partial charge in [-0.3, -0.25) is 4.79 Å². The van der Waals surface area contributed by atoms with Crippen molar-refractivity contribution in [2.75, 3.05) is 12.4 Å². The molecule has 0 aliphatic heterocycles. The first-order valence-corrected chi connectivity index (χ1v) is 11.9. The lowest BCUT2D eigenvalue weighted by Crippen LogP contribution is -2.29. The minimum atomic E-state index is -0.346. The van der Waals surface area contributed by atoms with Crippen molar-refractivity contribution >= 4 is 18.1 Å². The molecule has 4 rings (SSSR count). The quantitative estimate of drug-likeness (QED) is 0.288. The summed E-state index contributed by atoms with van der Waals surface area (Å²) in [4.78, 5) is 30.2. The predicted molar refractivity (Wildman–Crippen MR) is 136 cm³/mol. The van der Waals surface area contributed by atoms with Gasteiger partial charge in [0.05, 0.1) is 11.7 Å². The van der Waals surface area contributed by atoms with Crippen LogP contribution in [0.4, 0.5) is 5.95 Å². The van der Waals surface area contributed by atoms with Gasteiger partial charge in [0, 0.05) is 30.4 Å². The summed E-state index contributed by atoms with van der Waals surface area (Å²) in [7, 11) is 1.75. The van der Waals surface area contributed by atoms with Crippen LogP contribution in [0.3, 0.4) is 0 Å². The molecule has 0 fully saturated rings. The number of fused-ring (bicyclic) bond motifs is 1. The number of aromatic nitrogens is 5. The van der Waals surface area contributed by atoms with Crippen LogP contribution in [0.1, 0.15) is 73.7 Å². The van der Waals surface area contributed by atoms with E-state index in [0.717, 1.165) is 42.4 Å². The highest BCUT2D eigenvalue weighted by atomic mass is 16.5. The summed E-state index contributed by atoms with van der Waals surface area (Å²) in [6.45, 7) is 5.87. The highest BCUT2D eigenvalue weighted by Crippen LogP contribution is 2.32. The Morgan fingerprint density at radius 1 is 1.19 bits per heavy atom. The van der Waals surface area contributed by atoms with Gasteiger partial charge in [0.2, 0.25) is 11.8 Å². The molecule has 36 heavy (non-hydrogen) atoms. The molecule has 2 aromatic heterocycles. The van der Waals surface area contributed by atoms with Crippen molar-refractivity contribution < 1.29 is 9.32 Å². The second-order valence-corrected chi connectivity index (χ2v) is 9.65. The number of rotatable bonds is 7. The first kappa shape index (κ1) is 25.0. The Balaban J connectivity index is 1.56. The van der Waals surface area contributed by atoms with E-state index in [2.05, 4.69) is 47.1 Å². The summed E-state index contributed by atoms with van der Waals surface area (Å²) in [5, 5.41) is 20.3. The number of carbonyl (C=O) groups excluding carboxylic acids is 1. The van der Waals surface area contributed by atoms with Crippen molar-refractivity contribution in [3.8, 4) is 11.4 Å². The molecule has 1 atom stereocenters. The molecular formula is C25H31N9O2. The average Bonchev–Trinajstić information content (AvgIpc) is 3.29. The third kappa shape index (κ3) is 5.73. The van der Waals surface area contributed by atoms with Crippen molar-refractivity contribution in [2.24, 2.45) is 0 Å². The zero-order valence-electron chi connectivity index (χ0n) is 20.9. The maximum absolute atomic E-state index is 12.9. The van der Waals surface area contributed by atoms with Gasteiger partial charge < -0.3 is 25.9 Å². The van der Waals surface area contributed by atoms with Gasteiger partial charge in [0.25, 0.3) is 11.7 Å². The van der Waals surface area contributed by atoms with Gasteiger partial charge in [-0.15, -0.1) is 0 Å². The third-order valence-corrected chi connectivity index (χ3v) is 5.82. The number of anilines is 1. The molecule has 4 N–H and O–H groups in total. The number of aryl methyl sites for hydroxylation is 1. The molecule has 0 saturated heterocycles. The Morgan fingerprint density at radius 3 is 2.75 bits per heavy atom. The van der Waals surface area contributed by atoms with E-state index in [9.17, 15) is 4.79 Å². The van der Waals surface area contributed by atoms with Gasteiger partial charge in [-0.1, -0.05) is 44.5 Å². The molecule has 3 aromatic rings. The molecule has 1 aliphatic rings. The monoisotopic (exact) mass is 489 g/mol. The topological polar surface area (TPSA) is 155 Å². The number of nitrogens with one attached hydrogen (secondary N) is 4. The van der Waals surface area contributed by atoms with Gasteiger partial charge in [0.15, 0.2) is 5.82 Å². The largest absolute Gasteiger partial charge is 0.392 e. The number of allylic oxidation sites excluding steroid dienone is 1. The number of amides is 1. The van der Waals surface area contributed by atoms with Crippen LogP contribution in [0.5, 0.6) is 0 Å². The van der Waals surface area contributed by atoms with Crippen LogP contribution in [0.25, 0.3) is 11.4 Å². The fraction of sp³-hybridized carbons (Fsp3) is 0.400. The van der Waals surface area contributed by atoms with E-state index < -0.39 is 0 Å². The van der Waals surface area contributed by atoms with Gasteiger partial charge >= 0.3 is 0 Å². The fourth-order valence-corrected chi connectivity index (χ4v) is 4.01. The second-order valence-electron chi connectivity index (χ2n) is 9.65. The molecule has 0 radical (unpaired) electrons. The first-order valence-electron chi connectivity index (χ1n) is 11.9. The van der Waals surface area contributed by atoms with Crippen LogP contribution in [-0.4, -0.2) is 44.3 Å². The van der Waals surface area contributed by atoms with Crippen molar-refractivity contribution in [3.05, 3.63) is 59.3 Å². The van der Waals surface area contributed by atoms with Crippen LogP contribution in [-0.2, 0) is 11.8 Å². The normalized spacial score (nSPS) is 16.0. The molecule has 1 aromatic carbocycles. The van der Waals surface area contributed by atoms with E-state index >= 15 is 0 Å². The van der Waals surface area contributed by atoms with Crippen molar-refractivity contribution in [3.63, 3.8) is 0 Å². The highest BCUT2D eigenvalue weighted by molar-refractivity contribution is 5.90. The summed E-state index contributed by atoms with van der Waals surface area (Å²) in [6.07, 6.45) is 7.98. The molecule has 188 valence electrons. The number of nitrogens with zero attached hydrogens (tertiary/aromatic N) is 5. The zero-order valence-corrected chi connectivity index (χ0v) is 20.9.